The second-order valence-electron chi connectivity index (χ2n) is 5.26. The maximum absolute atomic E-state index is 13.7. The predicted octanol–water partition coefficient (Wildman–Crippen LogP) is 4.30. The van der Waals surface area contributed by atoms with Gasteiger partial charge in [-0.3, -0.25) is 0 Å². The van der Waals surface area contributed by atoms with E-state index in [0.717, 1.165) is 0 Å². The Kier molecular flexibility index (Phi) is 3.54. The van der Waals surface area contributed by atoms with Crippen LogP contribution in [0.3, 0.4) is 0 Å². The van der Waals surface area contributed by atoms with Crippen molar-refractivity contribution in [3.05, 3.63) is 35.8 Å². The van der Waals surface area contributed by atoms with E-state index >= 15 is 0 Å². The fraction of sp³-hybridized carbons (Fsp3) is 0.357. The number of aromatic nitrogens is 1. The Hall–Kier alpha value is -1.55. The van der Waals surface area contributed by atoms with Gasteiger partial charge in [0.1, 0.15) is 11.4 Å². The zero-order chi connectivity index (χ0) is 14.2. The molecule has 1 aromatic carbocycles. The zero-order valence-electron chi connectivity index (χ0n) is 11.0. The van der Waals surface area contributed by atoms with E-state index in [1.807, 2.05) is 0 Å². The van der Waals surface area contributed by atoms with Crippen LogP contribution in [0.25, 0.3) is 10.9 Å². The minimum absolute atomic E-state index is 0.105. The summed E-state index contributed by atoms with van der Waals surface area (Å²) in [6.45, 7) is 5.33. The van der Waals surface area contributed by atoms with Crippen LogP contribution in [0.5, 0.6) is 0 Å². The van der Waals surface area contributed by atoms with E-state index in [9.17, 15) is 9.18 Å². The molecule has 0 aliphatic heterocycles. The van der Waals surface area contributed by atoms with Gasteiger partial charge < -0.3 is 4.74 Å². The molecular formula is C14H15ClFNO2. The van der Waals surface area contributed by atoms with Crippen molar-refractivity contribution in [3.8, 4) is 0 Å². The minimum Gasteiger partial charge on any atom is -0.443 e. The molecule has 0 fully saturated rings. The highest BCUT2D eigenvalue weighted by molar-refractivity contribution is 6.17. The molecule has 0 saturated heterocycles. The first-order valence-electron chi connectivity index (χ1n) is 5.91. The van der Waals surface area contributed by atoms with Gasteiger partial charge in [-0.05, 0) is 39.0 Å². The van der Waals surface area contributed by atoms with Gasteiger partial charge in [0.25, 0.3) is 0 Å². The molecule has 0 atom stereocenters. The van der Waals surface area contributed by atoms with Gasteiger partial charge in [0, 0.05) is 11.1 Å². The number of halogens is 2. The van der Waals surface area contributed by atoms with Crippen molar-refractivity contribution in [2.75, 3.05) is 0 Å². The fourth-order valence-corrected chi connectivity index (χ4v) is 2.07. The van der Waals surface area contributed by atoms with Gasteiger partial charge in [0.05, 0.1) is 11.4 Å². The lowest BCUT2D eigenvalue weighted by Crippen LogP contribution is -2.27. The monoisotopic (exact) mass is 283 g/mol. The Labute approximate surface area is 115 Å². The highest BCUT2D eigenvalue weighted by atomic mass is 35.5. The summed E-state index contributed by atoms with van der Waals surface area (Å²) in [4.78, 5) is 12.2. The summed E-state index contributed by atoms with van der Waals surface area (Å²) >= 11 is 5.82. The molecule has 1 heterocycles. The lowest BCUT2D eigenvalue weighted by molar-refractivity contribution is 0.0541. The molecule has 0 N–H and O–H groups in total. The number of benzene rings is 1. The molecule has 0 unspecified atom stereocenters. The van der Waals surface area contributed by atoms with E-state index in [0.29, 0.717) is 16.6 Å². The van der Waals surface area contributed by atoms with E-state index in [2.05, 4.69) is 0 Å². The smallest absolute Gasteiger partial charge is 0.419 e. The standard InChI is InChI=1S/C14H15ClFNO2/c1-14(2,3)19-13(18)17-9(8-15)7-10-11(16)5-4-6-12(10)17/h4-7H,8H2,1-3H3. The Morgan fingerprint density at radius 1 is 1.42 bits per heavy atom. The van der Waals surface area contributed by atoms with Crippen LogP contribution in [0.15, 0.2) is 24.3 Å². The van der Waals surface area contributed by atoms with Crippen molar-refractivity contribution >= 4 is 28.6 Å². The Balaban J connectivity index is 2.58. The number of alkyl halides is 1. The minimum atomic E-state index is -0.620. The molecule has 0 amide bonds. The average Bonchev–Trinajstić information content (AvgIpc) is 2.66. The SMILES string of the molecule is CC(C)(C)OC(=O)n1c(CCl)cc2c(F)cccc21. The van der Waals surface area contributed by atoms with E-state index < -0.39 is 11.7 Å². The summed E-state index contributed by atoms with van der Waals surface area (Å²) in [5.74, 6) is -0.279. The molecule has 2 rings (SSSR count). The predicted molar refractivity (Wildman–Crippen MR) is 73.1 cm³/mol. The number of hydrogen-bond acceptors (Lipinski definition) is 2. The van der Waals surface area contributed by atoms with Crippen LogP contribution in [0.4, 0.5) is 9.18 Å². The van der Waals surface area contributed by atoms with Crippen molar-refractivity contribution in [2.24, 2.45) is 0 Å². The summed E-state index contributed by atoms with van der Waals surface area (Å²) in [7, 11) is 0. The zero-order valence-corrected chi connectivity index (χ0v) is 11.8. The van der Waals surface area contributed by atoms with E-state index in [1.165, 1.54) is 10.6 Å². The molecule has 5 heteroatoms. The molecule has 0 aliphatic rings. The first kappa shape index (κ1) is 13.9. The number of hydrogen-bond donors (Lipinski definition) is 0. The van der Waals surface area contributed by atoms with Gasteiger partial charge in [0.2, 0.25) is 0 Å². The third-order valence-corrected chi connectivity index (χ3v) is 2.86. The number of ether oxygens (including phenoxy) is 1. The van der Waals surface area contributed by atoms with Gasteiger partial charge in [-0.1, -0.05) is 6.07 Å². The van der Waals surface area contributed by atoms with Crippen LogP contribution in [-0.2, 0) is 10.6 Å². The molecule has 2 aromatic rings. The van der Waals surface area contributed by atoms with E-state index in [4.69, 9.17) is 16.3 Å². The van der Waals surface area contributed by atoms with E-state index in [-0.39, 0.29) is 11.7 Å². The van der Waals surface area contributed by atoms with Crippen molar-refractivity contribution in [1.82, 2.24) is 4.57 Å². The molecule has 1 aromatic heterocycles. The molecule has 0 radical (unpaired) electrons. The highest BCUT2D eigenvalue weighted by Crippen LogP contribution is 2.25. The Bertz CT molecular complexity index is 628. The van der Waals surface area contributed by atoms with Crippen LogP contribution in [0, 0.1) is 5.82 Å². The van der Waals surface area contributed by atoms with Gasteiger partial charge in [-0.15, -0.1) is 11.6 Å². The largest absolute Gasteiger partial charge is 0.443 e. The average molecular weight is 284 g/mol. The lowest BCUT2D eigenvalue weighted by Gasteiger charge is -2.20. The van der Waals surface area contributed by atoms with Crippen LogP contribution in [-0.4, -0.2) is 16.3 Å². The second-order valence-corrected chi connectivity index (χ2v) is 5.52. The van der Waals surface area contributed by atoms with Crippen molar-refractivity contribution in [2.45, 2.75) is 32.3 Å². The van der Waals surface area contributed by atoms with Crippen molar-refractivity contribution < 1.29 is 13.9 Å². The normalized spacial score (nSPS) is 11.8. The Morgan fingerprint density at radius 2 is 2.11 bits per heavy atom. The van der Waals surface area contributed by atoms with Crippen LogP contribution in [0.1, 0.15) is 26.5 Å². The number of carbonyl (C=O) groups is 1. The first-order chi connectivity index (χ1) is 8.83. The molecule has 0 aliphatic carbocycles. The number of nitrogens with zero attached hydrogens (tertiary/aromatic N) is 1. The van der Waals surface area contributed by atoms with Crippen molar-refractivity contribution in [3.63, 3.8) is 0 Å². The third kappa shape index (κ3) is 2.73. The van der Waals surface area contributed by atoms with Crippen LogP contribution in [0.2, 0.25) is 0 Å². The summed E-state index contributed by atoms with van der Waals surface area (Å²) in [6, 6.07) is 6.14. The molecule has 3 nitrogen and oxygen atoms in total. The third-order valence-electron chi connectivity index (χ3n) is 2.58. The van der Waals surface area contributed by atoms with Crippen LogP contribution >= 0.6 is 11.6 Å². The maximum Gasteiger partial charge on any atom is 0.419 e. The van der Waals surface area contributed by atoms with Crippen molar-refractivity contribution in [1.29, 1.82) is 0 Å². The summed E-state index contributed by atoms with van der Waals surface area (Å²) in [6.07, 6.45) is -0.552. The number of fused-ring (bicyclic) bond motifs is 1. The lowest BCUT2D eigenvalue weighted by atomic mass is 10.2. The van der Waals surface area contributed by atoms with Gasteiger partial charge in [-0.25, -0.2) is 13.8 Å². The molecule has 0 saturated carbocycles. The van der Waals surface area contributed by atoms with E-state index in [1.54, 1.807) is 39.0 Å². The second kappa shape index (κ2) is 4.85. The molecular weight excluding hydrogens is 269 g/mol. The summed E-state index contributed by atoms with van der Waals surface area (Å²) in [5.41, 5.74) is 0.353. The highest BCUT2D eigenvalue weighted by Gasteiger charge is 2.22. The van der Waals surface area contributed by atoms with Gasteiger partial charge in [-0.2, -0.15) is 0 Å². The summed E-state index contributed by atoms with van der Waals surface area (Å²) in [5, 5.41) is 0.365. The number of rotatable bonds is 1. The molecule has 102 valence electrons. The number of carbonyl (C=O) groups excluding carboxylic acids is 1. The Morgan fingerprint density at radius 3 is 2.68 bits per heavy atom. The quantitative estimate of drug-likeness (QED) is 0.731. The maximum atomic E-state index is 13.7. The van der Waals surface area contributed by atoms with Gasteiger partial charge in [0.15, 0.2) is 0 Å². The van der Waals surface area contributed by atoms with Crippen LogP contribution < -0.4 is 0 Å². The summed E-state index contributed by atoms with van der Waals surface area (Å²) < 4.78 is 20.3. The molecule has 0 bridgehead atoms. The molecule has 19 heavy (non-hydrogen) atoms. The first-order valence-corrected chi connectivity index (χ1v) is 6.45. The molecule has 0 spiro atoms. The fourth-order valence-electron chi connectivity index (χ4n) is 1.87. The van der Waals surface area contributed by atoms with Gasteiger partial charge >= 0.3 is 6.09 Å². The topological polar surface area (TPSA) is 31.2 Å².